The largest absolute Gasteiger partial charge is 0.496 e. The van der Waals surface area contributed by atoms with Crippen molar-refractivity contribution in [3.8, 4) is 28.0 Å². The molecule has 12 heteroatoms. The van der Waals surface area contributed by atoms with E-state index in [9.17, 15) is 19.2 Å². The first-order valence-corrected chi connectivity index (χ1v) is 14.5. The Morgan fingerprint density at radius 2 is 1.80 bits per heavy atom. The predicted octanol–water partition coefficient (Wildman–Crippen LogP) is 4.19. The third kappa shape index (κ3) is 5.97. The van der Waals surface area contributed by atoms with E-state index in [-0.39, 0.29) is 30.1 Å². The second-order valence-electron chi connectivity index (χ2n) is 11.0. The Kier molecular flexibility index (Phi) is 8.89. The number of nitrogens with one attached hydrogen (secondary N) is 3. The Hall–Kier alpha value is -4.48. The highest BCUT2D eigenvalue weighted by atomic mass is 35.5. The van der Waals surface area contributed by atoms with Crippen LogP contribution in [-0.2, 0) is 20.9 Å². The van der Waals surface area contributed by atoms with Crippen molar-refractivity contribution in [3.05, 3.63) is 70.5 Å². The van der Waals surface area contributed by atoms with E-state index in [4.69, 9.17) is 16.3 Å². The van der Waals surface area contributed by atoms with Gasteiger partial charge in [-0.2, -0.15) is 0 Å². The molecule has 1 unspecified atom stereocenters. The van der Waals surface area contributed by atoms with Gasteiger partial charge < -0.3 is 25.6 Å². The first kappa shape index (κ1) is 31.0. The van der Waals surface area contributed by atoms with E-state index >= 15 is 4.39 Å². The molecule has 230 valence electrons. The molecular formula is C32H33ClFN5O5. The van der Waals surface area contributed by atoms with Crippen LogP contribution in [0.2, 0.25) is 5.02 Å². The number of imide groups is 1. The summed E-state index contributed by atoms with van der Waals surface area (Å²) in [5, 5.41) is 9.00. The van der Waals surface area contributed by atoms with Crippen molar-refractivity contribution in [1.29, 1.82) is 0 Å². The summed E-state index contributed by atoms with van der Waals surface area (Å²) in [5.74, 6) is -2.33. The summed E-state index contributed by atoms with van der Waals surface area (Å²) in [7, 11) is 4.35. The van der Waals surface area contributed by atoms with Gasteiger partial charge in [-0.3, -0.25) is 19.3 Å². The molecule has 5 rings (SSSR count). The number of benzene rings is 3. The van der Waals surface area contributed by atoms with Crippen LogP contribution in [-0.4, -0.2) is 73.9 Å². The second kappa shape index (κ2) is 12.6. The molecule has 0 bridgehead atoms. The summed E-state index contributed by atoms with van der Waals surface area (Å²) in [6, 6.07) is 13.5. The Balaban J connectivity index is 1.41. The number of carbonyl (C=O) groups is 4. The first-order valence-electron chi connectivity index (χ1n) is 14.1. The molecule has 0 saturated carbocycles. The van der Waals surface area contributed by atoms with Gasteiger partial charge >= 0.3 is 6.03 Å². The van der Waals surface area contributed by atoms with E-state index in [0.717, 1.165) is 21.6 Å². The summed E-state index contributed by atoms with van der Waals surface area (Å²) in [5.41, 5.74) is 4.29. The quantitative estimate of drug-likeness (QED) is 0.325. The summed E-state index contributed by atoms with van der Waals surface area (Å²) in [4.78, 5) is 51.6. The van der Waals surface area contributed by atoms with Gasteiger partial charge in [-0.1, -0.05) is 41.9 Å². The molecule has 0 aromatic heterocycles. The molecule has 3 aromatic carbocycles. The van der Waals surface area contributed by atoms with Gasteiger partial charge in [-0.05, 0) is 47.4 Å². The molecular weight excluding hydrogens is 589 g/mol. The summed E-state index contributed by atoms with van der Waals surface area (Å²) in [6.45, 7) is 2.56. The molecule has 2 saturated heterocycles. The number of anilines is 1. The van der Waals surface area contributed by atoms with Crippen molar-refractivity contribution in [2.75, 3.05) is 39.6 Å². The number of ether oxygens (including phenoxy) is 1. The molecule has 0 radical (unpaired) electrons. The molecule has 2 aliphatic heterocycles. The molecule has 44 heavy (non-hydrogen) atoms. The lowest BCUT2D eigenvalue weighted by molar-refractivity contribution is -0.140. The minimum absolute atomic E-state index is 0.0358. The maximum Gasteiger partial charge on any atom is 0.326 e. The Morgan fingerprint density at radius 1 is 1.09 bits per heavy atom. The van der Waals surface area contributed by atoms with E-state index < -0.39 is 29.6 Å². The fraction of sp³-hybridized carbons (Fsp3) is 0.312. The van der Waals surface area contributed by atoms with Crippen LogP contribution >= 0.6 is 11.6 Å². The lowest BCUT2D eigenvalue weighted by atomic mass is 9.91. The van der Waals surface area contributed by atoms with Crippen LogP contribution in [0.3, 0.4) is 0 Å². The highest BCUT2D eigenvalue weighted by Crippen LogP contribution is 2.40. The number of rotatable bonds is 8. The van der Waals surface area contributed by atoms with Gasteiger partial charge in [0.05, 0.1) is 17.8 Å². The number of hydrogen-bond donors (Lipinski definition) is 3. The summed E-state index contributed by atoms with van der Waals surface area (Å²) >= 11 is 6.82. The number of carbonyl (C=O) groups excluding carboxylic acids is 4. The van der Waals surface area contributed by atoms with Crippen LogP contribution in [0.15, 0.2) is 48.5 Å². The van der Waals surface area contributed by atoms with Gasteiger partial charge in [0.25, 0.3) is 0 Å². The van der Waals surface area contributed by atoms with E-state index in [2.05, 4.69) is 16.0 Å². The van der Waals surface area contributed by atoms with E-state index in [0.29, 0.717) is 41.1 Å². The minimum atomic E-state index is -1.08. The number of amides is 5. The summed E-state index contributed by atoms with van der Waals surface area (Å²) in [6.07, 6.45) is 0.343. The predicted molar refractivity (Wildman–Crippen MR) is 165 cm³/mol. The SMILES string of the molecule is COc1cc(-c2cccc(-c3cccc(NC(=O)C4CN(C)C(=O)N(C)C4=O)c3Cl)c2C)cc(F)c1CN[C@@H]1CNC(=O)C1. The van der Waals surface area contributed by atoms with E-state index in [1.54, 1.807) is 18.2 Å². The van der Waals surface area contributed by atoms with Gasteiger partial charge in [0.2, 0.25) is 17.7 Å². The van der Waals surface area contributed by atoms with Gasteiger partial charge in [-0.25, -0.2) is 9.18 Å². The second-order valence-corrected chi connectivity index (χ2v) is 11.4. The van der Waals surface area contributed by atoms with Crippen molar-refractivity contribution in [3.63, 3.8) is 0 Å². The molecule has 2 atom stereocenters. The van der Waals surface area contributed by atoms with Crippen LogP contribution in [0.25, 0.3) is 22.3 Å². The standard InChI is InChI=1S/C32H33ClFN5O5/c1-17-20(18-11-25(34)23(27(12-18)44-4)15-35-19-13-28(40)36-14-19)7-5-8-21(17)22-9-6-10-26(29(22)33)37-30(41)24-16-38(2)32(43)39(3)31(24)42/h5-12,19,24,35H,13-16H2,1-4H3,(H,36,40)(H,37,41)/t19-,24?/m0/s1. The van der Waals surface area contributed by atoms with Gasteiger partial charge in [0.15, 0.2) is 0 Å². The molecule has 2 heterocycles. The highest BCUT2D eigenvalue weighted by molar-refractivity contribution is 6.36. The normalized spacial score (nSPS) is 18.5. The fourth-order valence-corrected chi connectivity index (χ4v) is 5.90. The Bertz CT molecular complexity index is 1660. The molecule has 0 spiro atoms. The number of urea groups is 1. The Morgan fingerprint density at radius 3 is 2.50 bits per heavy atom. The van der Waals surface area contributed by atoms with Gasteiger partial charge in [-0.15, -0.1) is 0 Å². The van der Waals surface area contributed by atoms with Crippen LogP contribution < -0.4 is 20.7 Å². The smallest absolute Gasteiger partial charge is 0.326 e. The molecule has 2 fully saturated rings. The topological polar surface area (TPSA) is 120 Å². The van der Waals surface area contributed by atoms with Crippen molar-refractivity contribution in [1.82, 2.24) is 20.4 Å². The van der Waals surface area contributed by atoms with Crippen molar-refractivity contribution in [2.45, 2.75) is 25.9 Å². The Labute approximate surface area is 259 Å². The summed E-state index contributed by atoms with van der Waals surface area (Å²) < 4.78 is 21.0. The molecule has 2 aliphatic rings. The number of hydrogen-bond acceptors (Lipinski definition) is 6. The van der Waals surface area contributed by atoms with Crippen molar-refractivity contribution in [2.24, 2.45) is 5.92 Å². The number of methoxy groups -OCH3 is 1. The minimum Gasteiger partial charge on any atom is -0.496 e. The van der Waals surface area contributed by atoms with Gasteiger partial charge in [0, 0.05) is 57.3 Å². The lowest BCUT2D eigenvalue weighted by Crippen LogP contribution is -2.56. The zero-order valence-corrected chi connectivity index (χ0v) is 25.5. The first-order chi connectivity index (χ1) is 21.0. The maximum atomic E-state index is 15.5. The molecule has 3 N–H and O–H groups in total. The molecule has 10 nitrogen and oxygen atoms in total. The van der Waals surface area contributed by atoms with Crippen LogP contribution in [0.5, 0.6) is 5.75 Å². The fourth-order valence-electron chi connectivity index (χ4n) is 5.62. The number of nitrogens with zero attached hydrogens (tertiary/aromatic N) is 2. The molecule has 0 aliphatic carbocycles. The average Bonchev–Trinajstić information content (AvgIpc) is 3.43. The average molecular weight is 622 g/mol. The van der Waals surface area contributed by atoms with Crippen molar-refractivity contribution >= 4 is 41.0 Å². The maximum absolute atomic E-state index is 15.5. The number of halogens is 2. The van der Waals surface area contributed by atoms with Crippen molar-refractivity contribution < 1.29 is 28.3 Å². The third-order valence-corrected chi connectivity index (χ3v) is 8.53. The van der Waals surface area contributed by atoms with Crippen LogP contribution in [0.1, 0.15) is 17.5 Å². The highest BCUT2D eigenvalue weighted by Gasteiger charge is 2.39. The molecule has 5 amide bonds. The van der Waals surface area contributed by atoms with E-state index in [1.165, 1.54) is 32.2 Å². The monoisotopic (exact) mass is 621 g/mol. The van der Waals surface area contributed by atoms with Crippen LogP contribution in [0, 0.1) is 18.7 Å². The van der Waals surface area contributed by atoms with Crippen LogP contribution in [0.4, 0.5) is 14.9 Å². The van der Waals surface area contributed by atoms with Gasteiger partial charge in [0.1, 0.15) is 17.5 Å². The van der Waals surface area contributed by atoms with E-state index in [1.807, 2.05) is 31.2 Å². The zero-order valence-electron chi connectivity index (χ0n) is 24.8. The molecule has 3 aromatic rings. The zero-order chi connectivity index (χ0) is 31.7. The third-order valence-electron chi connectivity index (χ3n) is 8.13. The lowest BCUT2D eigenvalue weighted by Gasteiger charge is -2.33.